The first-order chi connectivity index (χ1) is 13.1. The number of hydrogen-bond acceptors (Lipinski definition) is 4. The Morgan fingerprint density at radius 3 is 2.78 bits per heavy atom. The molecule has 0 aliphatic carbocycles. The van der Waals surface area contributed by atoms with Gasteiger partial charge in [-0.15, -0.1) is 10.2 Å². The first-order valence-corrected chi connectivity index (χ1v) is 9.48. The highest BCUT2D eigenvalue weighted by atomic mass is 32.2. The molecule has 1 N–H and O–H groups in total. The molecule has 0 unspecified atom stereocenters. The number of rotatable bonds is 5. The van der Waals surface area contributed by atoms with Crippen molar-refractivity contribution in [1.29, 1.82) is 0 Å². The average molecular weight is 380 g/mol. The lowest BCUT2D eigenvalue weighted by atomic mass is 10.1. The van der Waals surface area contributed by atoms with Gasteiger partial charge in [-0.25, -0.2) is 4.39 Å². The summed E-state index contributed by atoms with van der Waals surface area (Å²) in [4.78, 5) is 12.2. The second kappa shape index (κ2) is 7.36. The summed E-state index contributed by atoms with van der Waals surface area (Å²) in [6.07, 6.45) is 0. The van der Waals surface area contributed by atoms with Crippen LogP contribution < -0.4 is 5.32 Å². The van der Waals surface area contributed by atoms with Gasteiger partial charge in [-0.1, -0.05) is 48.2 Å². The number of aromatic nitrogens is 3. The highest BCUT2D eigenvalue weighted by Crippen LogP contribution is 2.25. The number of pyridine rings is 1. The molecule has 4 rings (SSSR count). The summed E-state index contributed by atoms with van der Waals surface area (Å²) in [5.41, 5.74) is 3.35. The summed E-state index contributed by atoms with van der Waals surface area (Å²) >= 11 is 1.31. The standard InChI is InChI=1S/C20H17FN4OS/c1-13-10-18-23-24-20(25(18)17-9-5-3-7-15(13)17)27-12-19(26)22-11-14-6-2-4-8-16(14)21/h2-10H,11-12H2,1H3,(H,22,26). The summed E-state index contributed by atoms with van der Waals surface area (Å²) in [5, 5.41) is 13.0. The van der Waals surface area contributed by atoms with Crippen molar-refractivity contribution in [1.82, 2.24) is 19.9 Å². The van der Waals surface area contributed by atoms with Gasteiger partial charge in [0.2, 0.25) is 5.91 Å². The van der Waals surface area contributed by atoms with Crippen LogP contribution in [0.25, 0.3) is 16.6 Å². The maximum Gasteiger partial charge on any atom is 0.230 e. The average Bonchev–Trinajstić information content (AvgIpc) is 3.09. The normalized spacial score (nSPS) is 11.2. The molecule has 2 aromatic heterocycles. The van der Waals surface area contributed by atoms with Gasteiger partial charge in [-0.05, 0) is 30.7 Å². The Bertz CT molecular complexity index is 1140. The third kappa shape index (κ3) is 3.50. The first kappa shape index (κ1) is 17.5. The monoisotopic (exact) mass is 380 g/mol. The molecular weight excluding hydrogens is 363 g/mol. The minimum absolute atomic E-state index is 0.161. The summed E-state index contributed by atoms with van der Waals surface area (Å²) in [7, 11) is 0. The predicted octanol–water partition coefficient (Wildman–Crippen LogP) is 3.74. The van der Waals surface area contributed by atoms with Gasteiger partial charge in [0.05, 0.1) is 11.3 Å². The van der Waals surface area contributed by atoms with Crippen LogP contribution in [0.3, 0.4) is 0 Å². The van der Waals surface area contributed by atoms with Crippen molar-refractivity contribution in [3.63, 3.8) is 0 Å². The number of nitrogens with zero attached hydrogens (tertiary/aromatic N) is 3. The van der Waals surface area contributed by atoms with Gasteiger partial charge >= 0.3 is 0 Å². The molecule has 136 valence electrons. The Hall–Kier alpha value is -2.93. The van der Waals surface area contributed by atoms with Gasteiger partial charge in [0.25, 0.3) is 0 Å². The molecule has 0 bridgehead atoms. The molecule has 0 radical (unpaired) electrons. The molecule has 0 fully saturated rings. The molecule has 0 atom stereocenters. The number of para-hydroxylation sites is 1. The minimum Gasteiger partial charge on any atom is -0.351 e. The summed E-state index contributed by atoms with van der Waals surface area (Å²) in [5.74, 6) is -0.329. The smallest absolute Gasteiger partial charge is 0.230 e. The van der Waals surface area contributed by atoms with Crippen LogP contribution in [0, 0.1) is 12.7 Å². The summed E-state index contributed by atoms with van der Waals surface area (Å²) in [6, 6.07) is 16.4. The minimum atomic E-state index is -0.323. The zero-order valence-corrected chi connectivity index (χ0v) is 15.5. The molecule has 5 nitrogen and oxygen atoms in total. The van der Waals surface area contributed by atoms with Gasteiger partial charge < -0.3 is 5.32 Å². The van der Waals surface area contributed by atoms with Crippen LogP contribution in [-0.2, 0) is 11.3 Å². The molecule has 0 aliphatic heterocycles. The molecule has 4 aromatic rings. The molecule has 0 saturated heterocycles. The second-order valence-electron chi connectivity index (χ2n) is 6.18. The van der Waals surface area contributed by atoms with Gasteiger partial charge in [-0.2, -0.15) is 0 Å². The maximum atomic E-state index is 13.6. The van der Waals surface area contributed by atoms with E-state index in [1.165, 1.54) is 17.8 Å². The number of hydrogen-bond donors (Lipinski definition) is 1. The van der Waals surface area contributed by atoms with Gasteiger partial charge in [-0.3, -0.25) is 9.20 Å². The van der Waals surface area contributed by atoms with E-state index in [1.807, 2.05) is 35.6 Å². The third-order valence-corrected chi connectivity index (χ3v) is 5.27. The molecule has 7 heteroatoms. The van der Waals surface area contributed by atoms with E-state index in [0.29, 0.717) is 10.7 Å². The number of nitrogens with one attached hydrogen (secondary N) is 1. The van der Waals surface area contributed by atoms with E-state index in [1.54, 1.807) is 18.2 Å². The number of benzene rings is 2. The largest absolute Gasteiger partial charge is 0.351 e. The molecule has 0 saturated carbocycles. The van der Waals surface area contributed by atoms with E-state index in [0.717, 1.165) is 22.1 Å². The Kier molecular flexibility index (Phi) is 4.77. The van der Waals surface area contributed by atoms with Crippen molar-refractivity contribution >= 4 is 34.2 Å². The van der Waals surface area contributed by atoms with Crippen LogP contribution in [-0.4, -0.2) is 26.3 Å². The SMILES string of the molecule is Cc1cc2nnc(SCC(=O)NCc3ccccc3F)n2c2ccccc12. The van der Waals surface area contributed by atoms with Crippen LogP contribution >= 0.6 is 11.8 Å². The van der Waals surface area contributed by atoms with E-state index in [4.69, 9.17) is 0 Å². The van der Waals surface area contributed by atoms with Gasteiger partial charge in [0.1, 0.15) is 5.82 Å². The first-order valence-electron chi connectivity index (χ1n) is 8.50. The van der Waals surface area contributed by atoms with Crippen molar-refractivity contribution in [3.05, 3.63) is 71.5 Å². The zero-order valence-electron chi connectivity index (χ0n) is 14.6. The Morgan fingerprint density at radius 2 is 1.93 bits per heavy atom. The molecule has 2 aromatic carbocycles. The van der Waals surface area contributed by atoms with Crippen LogP contribution in [0.15, 0.2) is 59.8 Å². The van der Waals surface area contributed by atoms with E-state index in [9.17, 15) is 9.18 Å². The van der Waals surface area contributed by atoms with Gasteiger partial charge in [0, 0.05) is 17.5 Å². The maximum absolute atomic E-state index is 13.6. The molecule has 0 spiro atoms. The molecule has 0 aliphatic rings. The van der Waals surface area contributed by atoms with E-state index in [2.05, 4.69) is 21.6 Å². The van der Waals surface area contributed by atoms with E-state index in [-0.39, 0.29) is 24.0 Å². The fourth-order valence-electron chi connectivity index (χ4n) is 2.98. The fourth-order valence-corrected chi connectivity index (χ4v) is 3.77. The number of carbonyl (C=O) groups is 1. The number of carbonyl (C=O) groups excluding carboxylic acids is 1. The lowest BCUT2D eigenvalue weighted by molar-refractivity contribution is -0.118. The van der Waals surface area contributed by atoms with Crippen LogP contribution in [0.2, 0.25) is 0 Å². The molecular formula is C20H17FN4OS. The van der Waals surface area contributed by atoms with Crippen LogP contribution in [0.5, 0.6) is 0 Å². The Labute approximate surface area is 159 Å². The van der Waals surface area contributed by atoms with E-state index < -0.39 is 0 Å². The molecule has 27 heavy (non-hydrogen) atoms. The van der Waals surface area contributed by atoms with Crippen LogP contribution in [0.4, 0.5) is 4.39 Å². The number of amides is 1. The molecule has 2 heterocycles. The highest BCUT2D eigenvalue weighted by Gasteiger charge is 2.13. The molecule has 1 amide bonds. The Morgan fingerprint density at radius 1 is 1.15 bits per heavy atom. The number of halogens is 1. The van der Waals surface area contributed by atoms with Crippen molar-refractivity contribution in [2.45, 2.75) is 18.6 Å². The fraction of sp³-hybridized carbons (Fsp3) is 0.150. The number of fused-ring (bicyclic) bond motifs is 3. The second-order valence-corrected chi connectivity index (χ2v) is 7.12. The predicted molar refractivity (Wildman–Crippen MR) is 104 cm³/mol. The van der Waals surface area contributed by atoms with Crippen molar-refractivity contribution < 1.29 is 9.18 Å². The lowest BCUT2D eigenvalue weighted by Gasteiger charge is -2.08. The zero-order chi connectivity index (χ0) is 18.8. The third-order valence-electron chi connectivity index (χ3n) is 4.34. The number of thioether (sulfide) groups is 1. The Balaban J connectivity index is 1.50. The topological polar surface area (TPSA) is 59.3 Å². The van der Waals surface area contributed by atoms with Gasteiger partial charge in [0.15, 0.2) is 10.8 Å². The van der Waals surface area contributed by atoms with Crippen molar-refractivity contribution in [2.24, 2.45) is 0 Å². The van der Waals surface area contributed by atoms with Crippen LogP contribution in [0.1, 0.15) is 11.1 Å². The summed E-state index contributed by atoms with van der Waals surface area (Å²) in [6.45, 7) is 2.20. The van der Waals surface area contributed by atoms with E-state index >= 15 is 0 Å². The highest BCUT2D eigenvalue weighted by molar-refractivity contribution is 7.99. The quantitative estimate of drug-likeness (QED) is 0.536. The lowest BCUT2D eigenvalue weighted by Crippen LogP contribution is -2.25. The summed E-state index contributed by atoms with van der Waals surface area (Å²) < 4.78 is 15.6. The van der Waals surface area contributed by atoms with Crippen molar-refractivity contribution in [3.8, 4) is 0 Å². The number of aryl methyl sites for hydroxylation is 1. The van der Waals surface area contributed by atoms with Crippen molar-refractivity contribution in [2.75, 3.05) is 5.75 Å².